The Kier molecular flexibility index (Phi) is 4.36. The van der Waals surface area contributed by atoms with Crippen molar-refractivity contribution in [1.29, 1.82) is 0 Å². The topological polar surface area (TPSA) is 75.4 Å². The van der Waals surface area contributed by atoms with Gasteiger partial charge in [-0.05, 0) is 12.1 Å². The first-order valence-electron chi connectivity index (χ1n) is 6.15. The van der Waals surface area contributed by atoms with Gasteiger partial charge in [0.15, 0.2) is 0 Å². The highest BCUT2D eigenvalue weighted by atomic mass is 16.4. The van der Waals surface area contributed by atoms with Gasteiger partial charge in [-0.25, -0.2) is 4.98 Å². The normalized spacial score (nSPS) is 9.86. The Morgan fingerprint density at radius 3 is 2.67 bits per heavy atom. The largest absolute Gasteiger partial charge is 0.480 e. The Labute approximate surface area is 121 Å². The van der Waals surface area contributed by atoms with Gasteiger partial charge in [-0.15, -0.1) is 6.42 Å². The first-order chi connectivity index (χ1) is 10.1. The molecule has 0 saturated carbocycles. The van der Waals surface area contributed by atoms with Gasteiger partial charge < -0.3 is 10.0 Å². The number of rotatable bonds is 5. The van der Waals surface area contributed by atoms with Crippen LogP contribution >= 0.6 is 0 Å². The minimum absolute atomic E-state index is 0.0783. The van der Waals surface area contributed by atoms with Crippen LogP contribution in [0.2, 0.25) is 0 Å². The molecule has 1 aromatic carbocycles. The first-order valence-corrected chi connectivity index (χ1v) is 6.15. The Morgan fingerprint density at radius 2 is 2.05 bits per heavy atom. The molecular formula is C15H13N3O3. The van der Waals surface area contributed by atoms with Crippen LogP contribution in [0, 0.1) is 12.3 Å². The SMILES string of the molecule is C#CCN(CC(=O)O)C(=O)c1cncn1-c1ccccc1. The minimum Gasteiger partial charge on any atom is -0.480 e. The summed E-state index contributed by atoms with van der Waals surface area (Å²) in [5.74, 6) is 0.691. The van der Waals surface area contributed by atoms with Crippen LogP contribution in [0.15, 0.2) is 42.9 Å². The fourth-order valence-corrected chi connectivity index (χ4v) is 1.88. The zero-order chi connectivity index (χ0) is 15.2. The van der Waals surface area contributed by atoms with Gasteiger partial charge >= 0.3 is 5.97 Å². The van der Waals surface area contributed by atoms with Gasteiger partial charge in [0.2, 0.25) is 0 Å². The lowest BCUT2D eigenvalue weighted by atomic mass is 10.3. The number of hydrogen-bond donors (Lipinski definition) is 1. The third kappa shape index (κ3) is 3.28. The van der Waals surface area contributed by atoms with E-state index in [-0.39, 0.29) is 12.2 Å². The summed E-state index contributed by atoms with van der Waals surface area (Å²) in [6, 6.07) is 9.17. The molecule has 0 radical (unpaired) electrons. The number of hydrogen-bond acceptors (Lipinski definition) is 3. The van der Waals surface area contributed by atoms with Crippen LogP contribution in [0.5, 0.6) is 0 Å². The second kappa shape index (κ2) is 6.39. The van der Waals surface area contributed by atoms with Gasteiger partial charge in [0.25, 0.3) is 5.91 Å². The van der Waals surface area contributed by atoms with Gasteiger partial charge in [-0.3, -0.25) is 14.2 Å². The van der Waals surface area contributed by atoms with E-state index in [9.17, 15) is 9.59 Å². The van der Waals surface area contributed by atoms with Crippen molar-refractivity contribution in [3.05, 3.63) is 48.5 Å². The first kappa shape index (κ1) is 14.3. The fraction of sp³-hybridized carbons (Fsp3) is 0.133. The number of aliphatic carboxylic acids is 1. The minimum atomic E-state index is -1.12. The fourth-order valence-electron chi connectivity index (χ4n) is 1.88. The Morgan fingerprint density at radius 1 is 1.33 bits per heavy atom. The third-order valence-corrected chi connectivity index (χ3v) is 2.79. The number of carbonyl (C=O) groups excluding carboxylic acids is 1. The average Bonchev–Trinajstić information content (AvgIpc) is 2.96. The van der Waals surface area contributed by atoms with E-state index in [0.717, 1.165) is 10.6 Å². The molecule has 0 aliphatic rings. The van der Waals surface area contributed by atoms with Crippen LogP contribution in [0.4, 0.5) is 0 Å². The monoisotopic (exact) mass is 283 g/mol. The van der Waals surface area contributed by atoms with Crippen molar-refractivity contribution in [2.24, 2.45) is 0 Å². The number of terminal acetylenes is 1. The summed E-state index contributed by atoms with van der Waals surface area (Å²) in [4.78, 5) is 28.3. The van der Waals surface area contributed by atoms with Crippen molar-refractivity contribution in [1.82, 2.24) is 14.5 Å². The highest BCUT2D eigenvalue weighted by Crippen LogP contribution is 2.12. The third-order valence-electron chi connectivity index (χ3n) is 2.79. The summed E-state index contributed by atoms with van der Waals surface area (Å²) >= 11 is 0. The van der Waals surface area contributed by atoms with E-state index in [4.69, 9.17) is 11.5 Å². The molecule has 2 rings (SSSR count). The number of carbonyl (C=O) groups is 2. The van der Waals surface area contributed by atoms with Crippen LogP contribution in [-0.4, -0.2) is 44.5 Å². The van der Waals surface area contributed by atoms with Crippen LogP contribution in [0.1, 0.15) is 10.5 Å². The van der Waals surface area contributed by atoms with Crippen LogP contribution in [0.25, 0.3) is 5.69 Å². The molecule has 0 spiro atoms. The molecule has 6 heteroatoms. The Balaban J connectivity index is 2.34. The summed E-state index contributed by atoms with van der Waals surface area (Å²) in [5, 5.41) is 8.86. The molecule has 0 aliphatic carbocycles. The molecule has 1 N–H and O–H groups in total. The van der Waals surface area contributed by atoms with Crippen molar-refractivity contribution in [3.8, 4) is 18.0 Å². The lowest BCUT2D eigenvalue weighted by molar-refractivity contribution is -0.137. The van der Waals surface area contributed by atoms with Crippen LogP contribution in [-0.2, 0) is 4.79 Å². The predicted octanol–water partition coefficient (Wildman–Crippen LogP) is 1.03. The second-order valence-electron chi connectivity index (χ2n) is 4.24. The van der Waals surface area contributed by atoms with E-state index < -0.39 is 18.4 Å². The van der Waals surface area contributed by atoms with Crippen LogP contribution in [0.3, 0.4) is 0 Å². The maximum absolute atomic E-state index is 12.4. The molecule has 6 nitrogen and oxygen atoms in total. The lowest BCUT2D eigenvalue weighted by Gasteiger charge is -2.18. The number of carboxylic acid groups (broad SMARTS) is 1. The number of benzene rings is 1. The molecule has 1 amide bonds. The molecular weight excluding hydrogens is 270 g/mol. The number of para-hydroxylation sites is 1. The number of aromatic nitrogens is 2. The summed E-state index contributed by atoms with van der Waals surface area (Å²) in [7, 11) is 0. The molecule has 0 unspecified atom stereocenters. The number of nitrogens with zero attached hydrogens (tertiary/aromatic N) is 3. The maximum Gasteiger partial charge on any atom is 0.323 e. The van der Waals surface area contributed by atoms with Crippen molar-refractivity contribution in [2.75, 3.05) is 13.1 Å². The molecule has 0 atom stereocenters. The molecule has 0 bridgehead atoms. The molecule has 1 heterocycles. The Bertz CT molecular complexity index is 686. The molecule has 2 aromatic rings. The highest BCUT2D eigenvalue weighted by Gasteiger charge is 2.21. The van der Waals surface area contributed by atoms with Crippen LogP contribution < -0.4 is 0 Å². The van der Waals surface area contributed by atoms with E-state index in [2.05, 4.69) is 10.9 Å². The summed E-state index contributed by atoms with van der Waals surface area (Å²) in [6.07, 6.45) is 8.07. The van der Waals surface area contributed by atoms with Crippen molar-refractivity contribution in [3.63, 3.8) is 0 Å². The lowest BCUT2D eigenvalue weighted by Crippen LogP contribution is -2.36. The van der Waals surface area contributed by atoms with Gasteiger partial charge in [-0.2, -0.15) is 0 Å². The smallest absolute Gasteiger partial charge is 0.323 e. The number of carboxylic acids is 1. The van der Waals surface area contributed by atoms with E-state index >= 15 is 0 Å². The molecule has 106 valence electrons. The van der Waals surface area contributed by atoms with Crippen molar-refractivity contribution >= 4 is 11.9 Å². The summed E-state index contributed by atoms with van der Waals surface area (Å²) in [5.41, 5.74) is 1.02. The standard InChI is InChI=1S/C15H13N3O3/c1-2-8-17(10-14(19)20)15(21)13-9-16-11-18(13)12-6-4-3-5-7-12/h1,3-7,9,11H,8,10H2,(H,19,20). The van der Waals surface area contributed by atoms with Gasteiger partial charge in [0, 0.05) is 5.69 Å². The zero-order valence-electron chi connectivity index (χ0n) is 11.1. The number of amides is 1. The van der Waals surface area contributed by atoms with Gasteiger partial charge in [0.1, 0.15) is 12.2 Å². The highest BCUT2D eigenvalue weighted by molar-refractivity contribution is 5.95. The predicted molar refractivity (Wildman–Crippen MR) is 75.9 cm³/mol. The molecule has 0 aliphatic heterocycles. The number of imidazole rings is 1. The van der Waals surface area contributed by atoms with Crippen molar-refractivity contribution in [2.45, 2.75) is 0 Å². The molecule has 0 fully saturated rings. The van der Waals surface area contributed by atoms with E-state index in [0.29, 0.717) is 0 Å². The Hall–Kier alpha value is -3.07. The zero-order valence-corrected chi connectivity index (χ0v) is 11.1. The van der Waals surface area contributed by atoms with Gasteiger partial charge in [0.05, 0.1) is 19.1 Å². The summed E-state index contributed by atoms with van der Waals surface area (Å²) < 4.78 is 1.59. The summed E-state index contributed by atoms with van der Waals surface area (Å²) in [6.45, 7) is -0.534. The van der Waals surface area contributed by atoms with E-state index in [1.54, 1.807) is 4.57 Å². The second-order valence-corrected chi connectivity index (χ2v) is 4.24. The maximum atomic E-state index is 12.4. The molecule has 1 aromatic heterocycles. The quantitative estimate of drug-likeness (QED) is 0.832. The average molecular weight is 283 g/mol. The van der Waals surface area contributed by atoms with E-state index in [1.165, 1.54) is 12.5 Å². The molecule has 0 saturated heterocycles. The van der Waals surface area contributed by atoms with E-state index in [1.807, 2.05) is 30.3 Å². The van der Waals surface area contributed by atoms with Crippen molar-refractivity contribution < 1.29 is 14.7 Å². The van der Waals surface area contributed by atoms with Gasteiger partial charge in [-0.1, -0.05) is 24.1 Å². The molecule has 21 heavy (non-hydrogen) atoms.